The minimum atomic E-state index is -0.483. The summed E-state index contributed by atoms with van der Waals surface area (Å²) in [5.74, 6) is 0.460. The van der Waals surface area contributed by atoms with E-state index in [9.17, 15) is 9.90 Å². The number of carbonyl (C=O) groups is 1. The molecule has 0 aromatic carbocycles. The molecule has 2 rings (SSSR count). The van der Waals surface area contributed by atoms with Crippen molar-refractivity contribution in [2.75, 3.05) is 6.61 Å². The molecular weight excluding hydrogens is 264 g/mol. The van der Waals surface area contributed by atoms with E-state index in [1.54, 1.807) is 12.1 Å². The molecule has 4 nitrogen and oxygen atoms in total. The summed E-state index contributed by atoms with van der Waals surface area (Å²) in [6, 6.07) is 3.23. The van der Waals surface area contributed by atoms with E-state index in [0.29, 0.717) is 16.6 Å². The Morgan fingerprint density at radius 1 is 1.53 bits per heavy atom. The topological polar surface area (TPSA) is 62.2 Å². The highest BCUT2D eigenvalue weighted by molar-refractivity contribution is 6.29. The van der Waals surface area contributed by atoms with Crippen LogP contribution in [0.15, 0.2) is 18.3 Å². The van der Waals surface area contributed by atoms with Gasteiger partial charge in [0.05, 0.1) is 17.7 Å². The normalized spacial score (nSPS) is 27.0. The van der Waals surface area contributed by atoms with Crippen molar-refractivity contribution in [3.63, 3.8) is 0 Å². The molecule has 2 N–H and O–H groups in total. The van der Waals surface area contributed by atoms with Gasteiger partial charge in [0.1, 0.15) is 5.15 Å². The lowest BCUT2D eigenvalue weighted by molar-refractivity contribution is 0.0717. The van der Waals surface area contributed by atoms with E-state index >= 15 is 0 Å². The van der Waals surface area contributed by atoms with Crippen molar-refractivity contribution in [1.82, 2.24) is 10.3 Å². The Labute approximate surface area is 118 Å². The average molecular weight is 283 g/mol. The SMILES string of the molecule is CC1CCC(CO)(NC(=O)c2ccc(Cl)nc2)CC1. The summed E-state index contributed by atoms with van der Waals surface area (Å²) in [5, 5.41) is 12.9. The summed E-state index contributed by atoms with van der Waals surface area (Å²) in [6.07, 6.45) is 5.14. The molecule has 0 spiro atoms. The van der Waals surface area contributed by atoms with Crippen LogP contribution in [0.5, 0.6) is 0 Å². The molecule has 0 aliphatic heterocycles. The number of aromatic nitrogens is 1. The highest BCUT2D eigenvalue weighted by atomic mass is 35.5. The molecule has 104 valence electrons. The van der Waals surface area contributed by atoms with Gasteiger partial charge in [0, 0.05) is 6.20 Å². The van der Waals surface area contributed by atoms with Gasteiger partial charge in [-0.25, -0.2) is 4.98 Å². The van der Waals surface area contributed by atoms with E-state index in [-0.39, 0.29) is 12.5 Å². The summed E-state index contributed by atoms with van der Waals surface area (Å²) in [4.78, 5) is 16.1. The van der Waals surface area contributed by atoms with Gasteiger partial charge in [-0.1, -0.05) is 18.5 Å². The molecule has 0 atom stereocenters. The molecule has 0 unspecified atom stereocenters. The Morgan fingerprint density at radius 2 is 2.21 bits per heavy atom. The van der Waals surface area contributed by atoms with Gasteiger partial charge >= 0.3 is 0 Å². The maximum atomic E-state index is 12.2. The van der Waals surface area contributed by atoms with Crippen LogP contribution in [0, 0.1) is 5.92 Å². The highest BCUT2D eigenvalue weighted by Gasteiger charge is 2.35. The maximum absolute atomic E-state index is 12.2. The van der Waals surface area contributed by atoms with Crippen molar-refractivity contribution in [3.05, 3.63) is 29.0 Å². The van der Waals surface area contributed by atoms with Crippen molar-refractivity contribution in [2.45, 2.75) is 38.1 Å². The van der Waals surface area contributed by atoms with Crippen LogP contribution in [-0.2, 0) is 0 Å². The molecule has 1 aliphatic carbocycles. The number of aliphatic hydroxyl groups excluding tert-OH is 1. The lowest BCUT2D eigenvalue weighted by Crippen LogP contribution is -2.53. The van der Waals surface area contributed by atoms with E-state index in [1.165, 1.54) is 6.20 Å². The molecule has 1 saturated carbocycles. The quantitative estimate of drug-likeness (QED) is 0.837. The zero-order valence-corrected chi connectivity index (χ0v) is 11.8. The minimum Gasteiger partial charge on any atom is -0.394 e. The largest absolute Gasteiger partial charge is 0.394 e. The van der Waals surface area contributed by atoms with Crippen molar-refractivity contribution in [1.29, 1.82) is 0 Å². The number of amides is 1. The Bertz CT molecular complexity index is 439. The molecule has 0 bridgehead atoms. The molecule has 0 saturated heterocycles. The Morgan fingerprint density at radius 3 is 2.74 bits per heavy atom. The van der Waals surface area contributed by atoms with Gasteiger partial charge in [-0.15, -0.1) is 0 Å². The molecule has 19 heavy (non-hydrogen) atoms. The van der Waals surface area contributed by atoms with Crippen LogP contribution < -0.4 is 5.32 Å². The van der Waals surface area contributed by atoms with Crippen LogP contribution in [0.2, 0.25) is 5.15 Å². The van der Waals surface area contributed by atoms with Crippen molar-refractivity contribution in [2.24, 2.45) is 5.92 Å². The van der Waals surface area contributed by atoms with E-state index in [4.69, 9.17) is 11.6 Å². The van der Waals surface area contributed by atoms with Gasteiger partial charge in [0.2, 0.25) is 0 Å². The fraction of sp³-hybridized carbons (Fsp3) is 0.571. The first-order chi connectivity index (χ1) is 9.04. The van der Waals surface area contributed by atoms with Gasteiger partial charge in [-0.2, -0.15) is 0 Å². The molecule has 1 aromatic heterocycles. The first-order valence-electron chi connectivity index (χ1n) is 6.60. The van der Waals surface area contributed by atoms with E-state index in [0.717, 1.165) is 25.7 Å². The van der Waals surface area contributed by atoms with E-state index < -0.39 is 5.54 Å². The third-order valence-corrected chi connectivity index (χ3v) is 4.13. The van der Waals surface area contributed by atoms with E-state index in [2.05, 4.69) is 17.2 Å². The van der Waals surface area contributed by atoms with Crippen molar-refractivity contribution >= 4 is 17.5 Å². The molecule has 5 heteroatoms. The average Bonchev–Trinajstić information content (AvgIpc) is 2.42. The first kappa shape index (κ1) is 14.3. The third kappa shape index (κ3) is 3.45. The van der Waals surface area contributed by atoms with Crippen molar-refractivity contribution < 1.29 is 9.90 Å². The van der Waals surface area contributed by atoms with Gasteiger partial charge < -0.3 is 10.4 Å². The van der Waals surface area contributed by atoms with Crippen molar-refractivity contribution in [3.8, 4) is 0 Å². The van der Waals surface area contributed by atoms with Crippen LogP contribution in [0.4, 0.5) is 0 Å². The summed E-state index contributed by atoms with van der Waals surface area (Å²) in [5.41, 5.74) is -0.0145. The van der Waals surface area contributed by atoms with Crippen LogP contribution >= 0.6 is 11.6 Å². The number of nitrogens with zero attached hydrogens (tertiary/aromatic N) is 1. The molecule has 1 aliphatic rings. The number of aliphatic hydroxyl groups is 1. The Hall–Kier alpha value is -1.13. The van der Waals surface area contributed by atoms with Crippen LogP contribution in [-0.4, -0.2) is 28.1 Å². The third-order valence-electron chi connectivity index (χ3n) is 3.90. The molecule has 1 heterocycles. The van der Waals surface area contributed by atoms with Crippen LogP contribution in [0.25, 0.3) is 0 Å². The highest BCUT2D eigenvalue weighted by Crippen LogP contribution is 2.31. The second-order valence-electron chi connectivity index (χ2n) is 5.44. The van der Waals surface area contributed by atoms with E-state index in [1.807, 2.05) is 0 Å². The van der Waals surface area contributed by atoms with Gasteiger partial charge in [-0.3, -0.25) is 4.79 Å². The zero-order chi connectivity index (χ0) is 13.9. The smallest absolute Gasteiger partial charge is 0.253 e. The number of nitrogens with one attached hydrogen (secondary N) is 1. The van der Waals surface area contributed by atoms with Crippen LogP contribution in [0.3, 0.4) is 0 Å². The predicted molar refractivity (Wildman–Crippen MR) is 74.2 cm³/mol. The number of halogens is 1. The summed E-state index contributed by atoms with van der Waals surface area (Å²) in [7, 11) is 0. The second kappa shape index (κ2) is 5.88. The standard InChI is InChI=1S/C14H19ClN2O2/c1-10-4-6-14(9-18,7-5-10)17-13(19)11-2-3-12(15)16-8-11/h2-3,8,10,18H,4-7,9H2,1H3,(H,17,19). The summed E-state index contributed by atoms with van der Waals surface area (Å²) in [6.45, 7) is 2.18. The lowest BCUT2D eigenvalue weighted by Gasteiger charge is -2.38. The first-order valence-corrected chi connectivity index (χ1v) is 6.97. The number of hydrogen-bond acceptors (Lipinski definition) is 3. The maximum Gasteiger partial charge on any atom is 0.253 e. The Balaban J connectivity index is 2.06. The minimum absolute atomic E-state index is 0.0214. The molecule has 1 aromatic rings. The van der Waals surface area contributed by atoms with Crippen LogP contribution in [0.1, 0.15) is 43.0 Å². The fourth-order valence-corrected chi connectivity index (χ4v) is 2.57. The number of pyridine rings is 1. The molecule has 0 radical (unpaired) electrons. The van der Waals surface area contributed by atoms with Gasteiger partial charge in [0.15, 0.2) is 0 Å². The summed E-state index contributed by atoms with van der Waals surface area (Å²) >= 11 is 5.70. The van der Waals surface area contributed by atoms with Gasteiger partial charge in [0.25, 0.3) is 5.91 Å². The predicted octanol–water partition coefficient (Wildman–Crippen LogP) is 2.41. The fourth-order valence-electron chi connectivity index (χ4n) is 2.46. The summed E-state index contributed by atoms with van der Waals surface area (Å²) < 4.78 is 0. The zero-order valence-electron chi connectivity index (χ0n) is 11.0. The number of rotatable bonds is 3. The monoisotopic (exact) mass is 282 g/mol. The van der Waals surface area contributed by atoms with Gasteiger partial charge in [-0.05, 0) is 43.7 Å². The molecule has 1 amide bonds. The molecule has 1 fully saturated rings. The molecular formula is C14H19ClN2O2. The number of hydrogen-bond donors (Lipinski definition) is 2. The number of carbonyl (C=O) groups excluding carboxylic acids is 1. The lowest BCUT2D eigenvalue weighted by atomic mass is 9.77. The second-order valence-corrected chi connectivity index (χ2v) is 5.83. The Kier molecular flexibility index (Phi) is 4.42.